The predicted molar refractivity (Wildman–Crippen MR) is 77.6 cm³/mol. The molecule has 2 rings (SSSR count). The van der Waals surface area contributed by atoms with E-state index >= 15 is 0 Å². The Labute approximate surface area is 122 Å². The molecular weight excluding hydrogens is 316 g/mol. The van der Waals surface area contributed by atoms with Crippen molar-refractivity contribution in [3.05, 3.63) is 16.4 Å². The first-order valence-electron chi connectivity index (χ1n) is 6.42. The molecule has 2 heterocycles. The minimum Gasteiger partial charge on any atom is -0.378 e. The smallest absolute Gasteiger partial charge is 0.0849 e. The third kappa shape index (κ3) is 2.35. The maximum absolute atomic E-state index is 6.44. The summed E-state index contributed by atoms with van der Waals surface area (Å²) in [6.07, 6.45) is 3.12. The van der Waals surface area contributed by atoms with Gasteiger partial charge in [0.1, 0.15) is 0 Å². The summed E-state index contributed by atoms with van der Waals surface area (Å²) in [5.74, 6) is 0. The molecule has 1 aliphatic rings. The lowest BCUT2D eigenvalue weighted by molar-refractivity contribution is 0.0738. The Morgan fingerprint density at radius 1 is 1.61 bits per heavy atom. The molecule has 2 unspecified atom stereocenters. The number of halogens is 2. The third-order valence-electron chi connectivity index (χ3n) is 4.12. The standard InChI is InChI=1S/C13H20BrClN2O/c1-4-10-12(15)11(17(3)16-10)7-13(8-14)5-6-18-9(13)2/h9H,4-8H2,1-3H3. The van der Waals surface area contributed by atoms with Crippen LogP contribution in [-0.4, -0.2) is 27.8 Å². The van der Waals surface area contributed by atoms with Crippen LogP contribution in [0.15, 0.2) is 0 Å². The van der Waals surface area contributed by atoms with Crippen LogP contribution in [0.2, 0.25) is 5.02 Å². The molecule has 1 saturated heterocycles. The Morgan fingerprint density at radius 2 is 2.33 bits per heavy atom. The summed E-state index contributed by atoms with van der Waals surface area (Å²) in [7, 11) is 1.97. The van der Waals surface area contributed by atoms with Crippen molar-refractivity contribution in [3.8, 4) is 0 Å². The van der Waals surface area contributed by atoms with Crippen LogP contribution in [0.4, 0.5) is 0 Å². The number of aromatic nitrogens is 2. The molecule has 0 aromatic carbocycles. The maximum Gasteiger partial charge on any atom is 0.0849 e. The minimum absolute atomic E-state index is 0.141. The van der Waals surface area contributed by atoms with E-state index in [0.717, 1.165) is 47.6 Å². The molecule has 0 amide bonds. The number of nitrogens with zero attached hydrogens (tertiary/aromatic N) is 2. The summed E-state index contributed by atoms with van der Waals surface area (Å²) in [4.78, 5) is 0. The topological polar surface area (TPSA) is 27.1 Å². The molecule has 1 aliphatic heterocycles. The van der Waals surface area contributed by atoms with E-state index in [1.807, 2.05) is 11.7 Å². The molecule has 1 aromatic heterocycles. The van der Waals surface area contributed by atoms with E-state index in [-0.39, 0.29) is 11.5 Å². The van der Waals surface area contributed by atoms with Crippen LogP contribution in [0, 0.1) is 5.41 Å². The van der Waals surface area contributed by atoms with E-state index in [1.54, 1.807) is 0 Å². The highest BCUT2D eigenvalue weighted by Crippen LogP contribution is 2.41. The molecule has 0 aliphatic carbocycles. The first kappa shape index (κ1) is 14.4. The van der Waals surface area contributed by atoms with Gasteiger partial charge in [0.2, 0.25) is 0 Å². The van der Waals surface area contributed by atoms with Crippen LogP contribution in [-0.2, 0) is 24.6 Å². The van der Waals surface area contributed by atoms with Gasteiger partial charge in [0.15, 0.2) is 0 Å². The zero-order chi connectivity index (χ0) is 13.3. The van der Waals surface area contributed by atoms with Gasteiger partial charge in [0, 0.05) is 24.4 Å². The van der Waals surface area contributed by atoms with Gasteiger partial charge in [-0.25, -0.2) is 0 Å². The van der Waals surface area contributed by atoms with Crippen molar-refractivity contribution >= 4 is 27.5 Å². The van der Waals surface area contributed by atoms with Gasteiger partial charge in [-0.15, -0.1) is 0 Å². The van der Waals surface area contributed by atoms with Crippen molar-refractivity contribution in [1.29, 1.82) is 0 Å². The van der Waals surface area contributed by atoms with Gasteiger partial charge in [0.05, 0.1) is 22.5 Å². The van der Waals surface area contributed by atoms with Crippen molar-refractivity contribution in [2.75, 3.05) is 11.9 Å². The summed E-state index contributed by atoms with van der Waals surface area (Å²) in [5.41, 5.74) is 2.26. The van der Waals surface area contributed by atoms with Crippen LogP contribution in [0.3, 0.4) is 0 Å². The summed E-state index contributed by atoms with van der Waals surface area (Å²) in [6.45, 7) is 5.07. The van der Waals surface area contributed by atoms with Gasteiger partial charge in [-0.3, -0.25) is 4.68 Å². The number of hydrogen-bond donors (Lipinski definition) is 0. The van der Waals surface area contributed by atoms with E-state index < -0.39 is 0 Å². The number of aryl methyl sites for hydroxylation is 2. The minimum atomic E-state index is 0.141. The molecule has 0 saturated carbocycles. The quantitative estimate of drug-likeness (QED) is 0.789. The van der Waals surface area contributed by atoms with Crippen molar-refractivity contribution in [1.82, 2.24) is 9.78 Å². The van der Waals surface area contributed by atoms with Gasteiger partial charge in [0.25, 0.3) is 0 Å². The molecule has 1 aromatic rings. The summed E-state index contributed by atoms with van der Waals surface area (Å²) in [6, 6.07) is 0. The lowest BCUT2D eigenvalue weighted by atomic mass is 9.79. The SMILES string of the molecule is CCc1nn(C)c(CC2(CBr)CCOC2C)c1Cl. The van der Waals surface area contributed by atoms with E-state index in [9.17, 15) is 0 Å². The molecule has 0 bridgehead atoms. The Bertz CT molecular complexity index is 435. The monoisotopic (exact) mass is 334 g/mol. The Balaban J connectivity index is 2.30. The van der Waals surface area contributed by atoms with Crippen LogP contribution >= 0.6 is 27.5 Å². The first-order valence-corrected chi connectivity index (χ1v) is 7.92. The second kappa shape index (κ2) is 5.51. The second-order valence-electron chi connectivity index (χ2n) is 5.12. The van der Waals surface area contributed by atoms with Crippen molar-refractivity contribution < 1.29 is 4.74 Å². The van der Waals surface area contributed by atoms with Crippen molar-refractivity contribution in [3.63, 3.8) is 0 Å². The van der Waals surface area contributed by atoms with Gasteiger partial charge in [-0.1, -0.05) is 34.5 Å². The first-order chi connectivity index (χ1) is 8.54. The van der Waals surface area contributed by atoms with Crippen molar-refractivity contribution in [2.24, 2.45) is 12.5 Å². The molecule has 0 radical (unpaired) electrons. The van der Waals surface area contributed by atoms with E-state index in [2.05, 4.69) is 34.9 Å². The zero-order valence-corrected chi connectivity index (χ0v) is 13.5. The average molecular weight is 336 g/mol. The lowest BCUT2D eigenvalue weighted by Crippen LogP contribution is -2.33. The van der Waals surface area contributed by atoms with Gasteiger partial charge < -0.3 is 4.74 Å². The molecule has 1 fully saturated rings. The highest BCUT2D eigenvalue weighted by Gasteiger charge is 2.42. The molecule has 102 valence electrons. The Morgan fingerprint density at radius 3 is 2.78 bits per heavy atom. The summed E-state index contributed by atoms with van der Waals surface area (Å²) in [5, 5.41) is 6.26. The molecule has 18 heavy (non-hydrogen) atoms. The van der Waals surface area contributed by atoms with Crippen LogP contribution in [0.1, 0.15) is 31.7 Å². The molecule has 2 atom stereocenters. The Kier molecular flexibility index (Phi) is 4.40. The highest BCUT2D eigenvalue weighted by molar-refractivity contribution is 9.09. The number of rotatable bonds is 4. The molecular formula is C13H20BrClN2O. The van der Waals surface area contributed by atoms with Crippen LogP contribution < -0.4 is 0 Å². The maximum atomic E-state index is 6.44. The number of alkyl halides is 1. The fraction of sp³-hybridized carbons (Fsp3) is 0.769. The zero-order valence-electron chi connectivity index (χ0n) is 11.2. The average Bonchev–Trinajstić information content (AvgIpc) is 2.85. The largest absolute Gasteiger partial charge is 0.378 e. The van der Waals surface area contributed by atoms with Crippen LogP contribution in [0.5, 0.6) is 0 Å². The third-order valence-corrected chi connectivity index (χ3v) is 5.67. The molecule has 3 nitrogen and oxygen atoms in total. The summed E-state index contributed by atoms with van der Waals surface area (Å²) < 4.78 is 7.67. The molecule has 0 spiro atoms. The van der Waals surface area contributed by atoms with Gasteiger partial charge in [-0.2, -0.15) is 5.10 Å². The number of ether oxygens (including phenoxy) is 1. The van der Waals surface area contributed by atoms with E-state index in [4.69, 9.17) is 16.3 Å². The number of hydrogen-bond acceptors (Lipinski definition) is 2. The predicted octanol–water partition coefficient (Wildman–Crippen LogP) is 3.37. The van der Waals surface area contributed by atoms with Crippen LogP contribution in [0.25, 0.3) is 0 Å². The van der Waals surface area contributed by atoms with Gasteiger partial charge in [-0.05, 0) is 26.2 Å². The molecule has 5 heteroatoms. The summed E-state index contributed by atoms with van der Waals surface area (Å²) >= 11 is 10.1. The van der Waals surface area contributed by atoms with Gasteiger partial charge >= 0.3 is 0 Å². The Hall–Kier alpha value is -0.0600. The lowest BCUT2D eigenvalue weighted by Gasteiger charge is -2.30. The van der Waals surface area contributed by atoms with Crippen molar-refractivity contribution in [2.45, 2.75) is 39.2 Å². The normalized spacial score (nSPS) is 27.9. The fourth-order valence-electron chi connectivity index (χ4n) is 2.62. The molecule has 0 N–H and O–H groups in total. The second-order valence-corrected chi connectivity index (χ2v) is 6.06. The van der Waals surface area contributed by atoms with E-state index in [1.165, 1.54) is 0 Å². The van der Waals surface area contributed by atoms with E-state index in [0.29, 0.717) is 0 Å². The highest BCUT2D eigenvalue weighted by atomic mass is 79.9. The fourth-order valence-corrected chi connectivity index (χ4v) is 3.91.